The lowest BCUT2D eigenvalue weighted by atomic mass is 10.1. The van der Waals surface area contributed by atoms with Crippen molar-refractivity contribution in [2.45, 2.75) is 6.23 Å². The number of rotatable bonds is 5. The summed E-state index contributed by atoms with van der Waals surface area (Å²) in [7, 11) is 2.10. The van der Waals surface area contributed by atoms with Gasteiger partial charge in [0.2, 0.25) is 0 Å². The maximum absolute atomic E-state index is 6.81. The van der Waals surface area contributed by atoms with Gasteiger partial charge < -0.3 is 23.5 Å². The van der Waals surface area contributed by atoms with Gasteiger partial charge in [-0.1, -0.05) is 97.1 Å². The van der Waals surface area contributed by atoms with Gasteiger partial charge in [0, 0.05) is 71.7 Å². The highest BCUT2D eigenvalue weighted by Crippen LogP contribution is 2.51. The summed E-state index contributed by atoms with van der Waals surface area (Å²) in [5.41, 5.74) is 10.4. The summed E-state index contributed by atoms with van der Waals surface area (Å²) in [6.45, 7) is 0. The maximum atomic E-state index is 6.81. The third kappa shape index (κ3) is 4.60. The number of ether oxygens (including phenoxy) is 1. The number of furan rings is 1. The van der Waals surface area contributed by atoms with E-state index in [0.717, 1.165) is 67.2 Å². The number of anilines is 4. The van der Waals surface area contributed by atoms with Crippen molar-refractivity contribution in [1.82, 2.24) is 4.57 Å². The van der Waals surface area contributed by atoms with Crippen LogP contribution in [0.1, 0.15) is 11.8 Å². The van der Waals surface area contributed by atoms with E-state index in [1.165, 1.54) is 36.5 Å². The van der Waals surface area contributed by atoms with Crippen LogP contribution in [0.15, 0.2) is 180 Å². The Kier molecular flexibility index (Phi) is 6.71. The van der Waals surface area contributed by atoms with Crippen LogP contribution in [0.4, 0.5) is 22.7 Å². The third-order valence-corrected chi connectivity index (χ3v) is 12.5. The Morgan fingerprint density at radius 1 is 0.518 bits per heavy atom. The van der Waals surface area contributed by atoms with Crippen molar-refractivity contribution in [2.75, 3.05) is 16.8 Å². The zero-order valence-electron chi connectivity index (χ0n) is 30.4. The van der Waals surface area contributed by atoms with E-state index < -0.39 is 0 Å². The van der Waals surface area contributed by atoms with Crippen molar-refractivity contribution in [3.8, 4) is 11.4 Å². The van der Waals surface area contributed by atoms with Crippen molar-refractivity contribution in [1.29, 1.82) is 0 Å². The van der Waals surface area contributed by atoms with Gasteiger partial charge in [0.25, 0.3) is 0 Å². The molecule has 266 valence electrons. The summed E-state index contributed by atoms with van der Waals surface area (Å²) in [6.07, 6.45) is -0.224. The van der Waals surface area contributed by atoms with E-state index in [1.807, 2.05) is 17.4 Å². The summed E-state index contributed by atoms with van der Waals surface area (Å²) in [5.74, 6) is 0.849. The van der Waals surface area contributed by atoms with Crippen molar-refractivity contribution in [2.24, 2.45) is 0 Å². The van der Waals surface area contributed by atoms with Crippen LogP contribution in [0.5, 0.6) is 5.75 Å². The minimum absolute atomic E-state index is 0.224. The summed E-state index contributed by atoms with van der Waals surface area (Å²) in [5, 5.41) is 7.02. The molecule has 0 fully saturated rings. The Morgan fingerprint density at radius 3 is 2.02 bits per heavy atom. The molecule has 8 aromatic carbocycles. The first kappa shape index (κ1) is 31.3. The quantitative estimate of drug-likeness (QED) is 0.176. The van der Waals surface area contributed by atoms with E-state index in [2.05, 4.69) is 191 Å². The van der Waals surface area contributed by atoms with Gasteiger partial charge in [0.05, 0.1) is 22.1 Å². The minimum atomic E-state index is -0.224. The van der Waals surface area contributed by atoms with Crippen LogP contribution >= 0.6 is 11.3 Å². The zero-order chi connectivity index (χ0) is 36.9. The molecule has 0 N–H and O–H groups in total. The highest BCUT2D eigenvalue weighted by molar-refractivity contribution is 7.25. The Balaban J connectivity index is 1.09. The van der Waals surface area contributed by atoms with Crippen LogP contribution < -0.4 is 14.5 Å². The topological polar surface area (TPSA) is 33.8 Å². The molecule has 5 nitrogen and oxygen atoms in total. The average Bonchev–Trinajstić information content (AvgIpc) is 4.00. The van der Waals surface area contributed by atoms with Gasteiger partial charge in [0.1, 0.15) is 11.2 Å². The second-order valence-electron chi connectivity index (χ2n) is 14.6. The molecule has 11 aromatic rings. The van der Waals surface area contributed by atoms with Crippen molar-refractivity contribution in [3.63, 3.8) is 0 Å². The van der Waals surface area contributed by atoms with Gasteiger partial charge in [-0.25, -0.2) is 0 Å². The molecule has 12 rings (SSSR count). The standard InChI is InChI=1S/C50H33N3O2S/c1-51-42-25-27-45-48(49(42)55-50(51)31-12-4-2-5-13-31)40-28-33(22-26-44(40)54-45)52(35-21-24-39-38-17-9-11-19-46(38)56-47(39)30-35)34-20-23-37-36-16-8-10-18-41(36)53(43(37)29-34)32-14-6-3-7-15-32/h2-30,50H,1H3. The summed E-state index contributed by atoms with van der Waals surface area (Å²) in [6, 6.07) is 62.9. The molecular weight excluding hydrogens is 707 g/mol. The molecule has 0 saturated carbocycles. The normalized spacial score (nSPS) is 14.1. The van der Waals surface area contributed by atoms with Gasteiger partial charge in [-0.05, 0) is 78.9 Å². The van der Waals surface area contributed by atoms with Gasteiger partial charge in [-0.15, -0.1) is 11.3 Å². The molecular formula is C50H33N3O2S. The smallest absolute Gasteiger partial charge is 0.198 e. The molecule has 0 saturated heterocycles. The van der Waals surface area contributed by atoms with Crippen molar-refractivity contribution in [3.05, 3.63) is 181 Å². The lowest BCUT2D eigenvalue weighted by Gasteiger charge is -2.26. The number of hydrogen-bond acceptors (Lipinski definition) is 5. The average molecular weight is 740 g/mol. The number of para-hydroxylation sites is 2. The largest absolute Gasteiger partial charge is 0.463 e. The fourth-order valence-corrected chi connectivity index (χ4v) is 9.97. The van der Waals surface area contributed by atoms with Gasteiger partial charge in [-0.2, -0.15) is 0 Å². The molecule has 6 heteroatoms. The highest BCUT2D eigenvalue weighted by atomic mass is 32.1. The predicted octanol–water partition coefficient (Wildman–Crippen LogP) is 14.0. The Labute approximate surface area is 326 Å². The van der Waals surface area contributed by atoms with Gasteiger partial charge in [0.15, 0.2) is 12.0 Å². The molecule has 1 atom stereocenters. The summed E-state index contributed by atoms with van der Waals surface area (Å²) >= 11 is 1.84. The van der Waals surface area contributed by atoms with Crippen LogP contribution in [0.2, 0.25) is 0 Å². The summed E-state index contributed by atoms with van der Waals surface area (Å²) in [4.78, 5) is 4.60. The number of hydrogen-bond donors (Lipinski definition) is 0. The second kappa shape index (κ2) is 12.0. The molecule has 0 spiro atoms. The van der Waals surface area contributed by atoms with E-state index in [1.54, 1.807) is 0 Å². The molecule has 3 aromatic heterocycles. The highest BCUT2D eigenvalue weighted by Gasteiger charge is 2.32. The van der Waals surface area contributed by atoms with Gasteiger partial charge in [-0.3, -0.25) is 0 Å². The molecule has 56 heavy (non-hydrogen) atoms. The second-order valence-corrected chi connectivity index (χ2v) is 15.6. The zero-order valence-corrected chi connectivity index (χ0v) is 31.2. The van der Waals surface area contributed by atoms with E-state index in [9.17, 15) is 0 Å². The molecule has 0 aliphatic carbocycles. The van der Waals surface area contributed by atoms with E-state index in [0.29, 0.717) is 0 Å². The molecule has 1 unspecified atom stereocenters. The molecule has 0 bridgehead atoms. The van der Waals surface area contributed by atoms with Crippen LogP contribution in [-0.2, 0) is 0 Å². The first-order valence-electron chi connectivity index (χ1n) is 18.9. The monoisotopic (exact) mass is 739 g/mol. The van der Waals surface area contributed by atoms with Crippen LogP contribution in [0, 0.1) is 0 Å². The van der Waals surface area contributed by atoms with E-state index in [-0.39, 0.29) is 6.23 Å². The first-order valence-corrected chi connectivity index (χ1v) is 19.7. The maximum Gasteiger partial charge on any atom is 0.198 e. The molecule has 4 heterocycles. The van der Waals surface area contributed by atoms with E-state index >= 15 is 0 Å². The Bertz CT molecular complexity index is 3330. The Hall–Kier alpha value is -7.02. The number of nitrogens with zero attached hydrogens (tertiary/aromatic N) is 3. The SMILES string of the molecule is CN1c2ccc3oc4ccc(N(c5ccc6c(c5)sc5ccccc56)c5ccc6c7ccccc7n(-c7ccccc7)c6c5)cc4c3c2OC1c1ccccc1. The minimum Gasteiger partial charge on any atom is -0.463 e. The summed E-state index contributed by atoms with van der Waals surface area (Å²) < 4.78 is 18.3. The number of aromatic nitrogens is 1. The van der Waals surface area contributed by atoms with E-state index in [4.69, 9.17) is 9.15 Å². The van der Waals surface area contributed by atoms with Crippen molar-refractivity contribution >= 4 is 98.0 Å². The molecule has 1 aliphatic rings. The lowest BCUT2D eigenvalue weighted by Crippen LogP contribution is -2.22. The fourth-order valence-electron chi connectivity index (χ4n) is 8.83. The Morgan fingerprint density at radius 2 is 1.16 bits per heavy atom. The lowest BCUT2D eigenvalue weighted by molar-refractivity contribution is 0.237. The molecule has 0 amide bonds. The van der Waals surface area contributed by atoms with Gasteiger partial charge >= 0.3 is 0 Å². The first-order chi connectivity index (χ1) is 27.7. The van der Waals surface area contributed by atoms with Crippen LogP contribution in [0.25, 0.3) is 69.6 Å². The number of fused-ring (bicyclic) bond motifs is 11. The van der Waals surface area contributed by atoms with Crippen LogP contribution in [0.3, 0.4) is 0 Å². The fraction of sp³-hybridized carbons (Fsp3) is 0.0400. The third-order valence-electron chi connectivity index (χ3n) is 11.4. The molecule has 0 radical (unpaired) electrons. The van der Waals surface area contributed by atoms with Crippen LogP contribution in [-0.4, -0.2) is 11.6 Å². The number of thiophene rings is 1. The van der Waals surface area contributed by atoms with Crippen molar-refractivity contribution < 1.29 is 9.15 Å². The number of benzene rings is 8. The molecule has 1 aliphatic heterocycles. The predicted molar refractivity (Wildman–Crippen MR) is 234 cm³/mol.